The van der Waals surface area contributed by atoms with Crippen molar-refractivity contribution in [2.75, 3.05) is 32.7 Å². The molecule has 1 heterocycles. The van der Waals surface area contributed by atoms with Crippen molar-refractivity contribution in [2.24, 2.45) is 10.9 Å². The lowest BCUT2D eigenvalue weighted by Crippen LogP contribution is -2.42. The van der Waals surface area contributed by atoms with Crippen molar-refractivity contribution < 1.29 is 9.59 Å². The van der Waals surface area contributed by atoms with Gasteiger partial charge in [0.15, 0.2) is 5.96 Å². The first-order valence-corrected chi connectivity index (χ1v) is 9.48. The van der Waals surface area contributed by atoms with Crippen LogP contribution in [0.1, 0.15) is 35.1 Å². The van der Waals surface area contributed by atoms with E-state index in [4.69, 9.17) is 0 Å². The van der Waals surface area contributed by atoms with Gasteiger partial charge in [0, 0.05) is 32.1 Å². The summed E-state index contributed by atoms with van der Waals surface area (Å²) in [4.78, 5) is 32.6. The van der Waals surface area contributed by atoms with Crippen LogP contribution in [0.5, 0.6) is 0 Å². The first-order valence-electron chi connectivity index (χ1n) is 8.60. The third-order valence-corrected chi connectivity index (χ3v) is 4.56. The summed E-state index contributed by atoms with van der Waals surface area (Å²) in [7, 11) is 0. The first kappa shape index (κ1) is 19.2. The van der Waals surface area contributed by atoms with E-state index < -0.39 is 0 Å². The minimum absolute atomic E-state index is 0.105. The van der Waals surface area contributed by atoms with E-state index in [-0.39, 0.29) is 17.7 Å². The fourth-order valence-electron chi connectivity index (χ4n) is 2.14. The van der Waals surface area contributed by atoms with Crippen LogP contribution in [0.2, 0.25) is 0 Å². The van der Waals surface area contributed by atoms with E-state index in [1.165, 1.54) is 11.3 Å². The quantitative estimate of drug-likeness (QED) is 0.285. The number of aromatic nitrogens is 1. The number of aryl methyl sites for hydroxylation is 1. The second kappa shape index (κ2) is 9.97. The van der Waals surface area contributed by atoms with Crippen LogP contribution in [0.25, 0.3) is 0 Å². The van der Waals surface area contributed by atoms with Gasteiger partial charge in [-0.05, 0) is 26.7 Å². The molecule has 2 rings (SSSR count). The fourth-order valence-corrected chi connectivity index (χ4v) is 2.85. The van der Waals surface area contributed by atoms with Crippen molar-refractivity contribution in [3.8, 4) is 0 Å². The third-order valence-electron chi connectivity index (χ3n) is 3.63. The Morgan fingerprint density at radius 2 is 1.96 bits per heavy atom. The lowest BCUT2D eigenvalue weighted by Gasteiger charge is -2.12. The minimum atomic E-state index is -0.105. The maximum absolute atomic E-state index is 12.0. The Balaban J connectivity index is 1.64. The topological polar surface area (TPSA) is 108 Å². The maximum atomic E-state index is 12.0. The van der Waals surface area contributed by atoms with E-state index in [0.717, 1.165) is 25.1 Å². The second-order valence-electron chi connectivity index (χ2n) is 5.78. The standard InChI is InChI=1S/C16H26N6O2S/c1-3-17-16(20-8-6-18-14(23)12-4-5-12)21-9-7-19-15(24)13-11(2)22-10-25-13/h10,12H,3-9H2,1-2H3,(H,18,23)(H,19,24)(H2,17,20,21). The van der Waals surface area contributed by atoms with Crippen molar-refractivity contribution in [1.82, 2.24) is 26.3 Å². The Kier molecular flexibility index (Phi) is 7.65. The summed E-state index contributed by atoms with van der Waals surface area (Å²) in [5, 5.41) is 12.0. The van der Waals surface area contributed by atoms with Gasteiger partial charge >= 0.3 is 0 Å². The molecule has 1 fully saturated rings. The van der Waals surface area contributed by atoms with Gasteiger partial charge in [-0.3, -0.25) is 14.6 Å². The van der Waals surface area contributed by atoms with Gasteiger partial charge in [-0.2, -0.15) is 0 Å². The van der Waals surface area contributed by atoms with Crippen LogP contribution in [-0.2, 0) is 4.79 Å². The molecule has 0 saturated heterocycles. The molecule has 0 radical (unpaired) electrons. The number of thiazole rings is 1. The van der Waals surface area contributed by atoms with Crippen LogP contribution in [0.3, 0.4) is 0 Å². The van der Waals surface area contributed by atoms with Gasteiger partial charge in [-0.1, -0.05) is 0 Å². The van der Waals surface area contributed by atoms with Gasteiger partial charge in [-0.25, -0.2) is 4.98 Å². The average Bonchev–Trinajstić information content (AvgIpc) is 3.36. The molecule has 1 aromatic heterocycles. The molecule has 0 bridgehead atoms. The molecular formula is C16H26N6O2S. The molecule has 0 spiro atoms. The smallest absolute Gasteiger partial charge is 0.263 e. The van der Waals surface area contributed by atoms with Gasteiger partial charge < -0.3 is 21.3 Å². The monoisotopic (exact) mass is 366 g/mol. The Morgan fingerprint density at radius 1 is 1.20 bits per heavy atom. The summed E-state index contributed by atoms with van der Waals surface area (Å²) in [6.07, 6.45) is 2.01. The fraction of sp³-hybridized carbons (Fsp3) is 0.625. The molecule has 4 N–H and O–H groups in total. The number of hydrogen-bond acceptors (Lipinski definition) is 5. The van der Waals surface area contributed by atoms with E-state index >= 15 is 0 Å². The molecule has 9 heteroatoms. The molecule has 0 aromatic carbocycles. The predicted molar refractivity (Wildman–Crippen MR) is 98.9 cm³/mol. The van der Waals surface area contributed by atoms with E-state index in [1.54, 1.807) is 5.51 Å². The number of carbonyl (C=O) groups excluding carboxylic acids is 2. The number of carbonyl (C=O) groups is 2. The third kappa shape index (κ3) is 6.69. The van der Waals surface area contributed by atoms with E-state index in [1.807, 2.05) is 13.8 Å². The molecule has 0 atom stereocenters. The van der Waals surface area contributed by atoms with Crippen LogP contribution < -0.4 is 21.3 Å². The SMILES string of the molecule is CCNC(=NCCNC(=O)C1CC1)NCCNC(=O)c1scnc1C. The van der Waals surface area contributed by atoms with Crippen molar-refractivity contribution in [3.63, 3.8) is 0 Å². The highest BCUT2D eigenvalue weighted by molar-refractivity contribution is 7.11. The zero-order chi connectivity index (χ0) is 18.1. The zero-order valence-corrected chi connectivity index (χ0v) is 15.5. The summed E-state index contributed by atoms with van der Waals surface area (Å²) in [5.74, 6) is 0.924. The van der Waals surface area contributed by atoms with Crippen molar-refractivity contribution >= 4 is 29.1 Å². The molecule has 1 aromatic rings. The van der Waals surface area contributed by atoms with Crippen LogP contribution in [0.4, 0.5) is 0 Å². The van der Waals surface area contributed by atoms with Gasteiger partial charge in [0.1, 0.15) is 4.88 Å². The normalized spacial score (nSPS) is 14.1. The zero-order valence-electron chi connectivity index (χ0n) is 14.7. The van der Waals surface area contributed by atoms with Crippen LogP contribution in [0, 0.1) is 12.8 Å². The van der Waals surface area contributed by atoms with E-state index in [0.29, 0.717) is 37.0 Å². The number of nitrogens with one attached hydrogen (secondary N) is 4. The predicted octanol–water partition coefficient (Wildman–Crippen LogP) is 0.263. The highest BCUT2D eigenvalue weighted by Crippen LogP contribution is 2.28. The number of rotatable bonds is 9. The van der Waals surface area contributed by atoms with Crippen LogP contribution in [0.15, 0.2) is 10.5 Å². The molecule has 1 saturated carbocycles. The largest absolute Gasteiger partial charge is 0.357 e. The Hall–Kier alpha value is -2.16. The summed E-state index contributed by atoms with van der Waals surface area (Å²) < 4.78 is 0. The van der Waals surface area contributed by atoms with Crippen LogP contribution >= 0.6 is 11.3 Å². The van der Waals surface area contributed by atoms with Crippen LogP contribution in [-0.4, -0.2) is 55.5 Å². The van der Waals surface area contributed by atoms with E-state index in [2.05, 4.69) is 31.2 Å². The van der Waals surface area contributed by atoms with Gasteiger partial charge in [-0.15, -0.1) is 11.3 Å². The summed E-state index contributed by atoms with van der Waals surface area (Å²) >= 11 is 1.34. The van der Waals surface area contributed by atoms with Gasteiger partial charge in [0.05, 0.1) is 17.7 Å². The number of aliphatic imine (C=N–C) groups is 1. The summed E-state index contributed by atoms with van der Waals surface area (Å²) in [6.45, 7) is 6.64. The highest BCUT2D eigenvalue weighted by atomic mass is 32.1. The maximum Gasteiger partial charge on any atom is 0.263 e. The number of amides is 2. The minimum Gasteiger partial charge on any atom is -0.357 e. The summed E-state index contributed by atoms with van der Waals surface area (Å²) in [5.41, 5.74) is 2.42. The Morgan fingerprint density at radius 3 is 2.60 bits per heavy atom. The van der Waals surface area contributed by atoms with Gasteiger partial charge in [0.2, 0.25) is 5.91 Å². The number of nitrogens with zero attached hydrogens (tertiary/aromatic N) is 2. The number of hydrogen-bond donors (Lipinski definition) is 4. The second-order valence-corrected chi connectivity index (χ2v) is 6.63. The highest BCUT2D eigenvalue weighted by Gasteiger charge is 2.28. The van der Waals surface area contributed by atoms with E-state index in [9.17, 15) is 9.59 Å². The van der Waals surface area contributed by atoms with Crippen molar-refractivity contribution in [3.05, 3.63) is 16.1 Å². The Bertz CT molecular complexity index is 612. The lowest BCUT2D eigenvalue weighted by atomic mass is 10.4. The molecule has 8 nitrogen and oxygen atoms in total. The molecule has 25 heavy (non-hydrogen) atoms. The molecule has 0 unspecified atom stereocenters. The molecule has 138 valence electrons. The first-order chi connectivity index (χ1) is 12.1. The molecule has 1 aliphatic rings. The molecule has 2 amide bonds. The van der Waals surface area contributed by atoms with Crippen molar-refractivity contribution in [1.29, 1.82) is 0 Å². The van der Waals surface area contributed by atoms with Crippen molar-refractivity contribution in [2.45, 2.75) is 26.7 Å². The Labute approximate surface area is 151 Å². The molecule has 0 aliphatic heterocycles. The molecule has 1 aliphatic carbocycles. The lowest BCUT2D eigenvalue weighted by molar-refractivity contribution is -0.122. The average molecular weight is 366 g/mol. The summed E-state index contributed by atoms with van der Waals surface area (Å²) in [6, 6.07) is 0. The molecular weight excluding hydrogens is 340 g/mol. The number of guanidine groups is 1. The van der Waals surface area contributed by atoms with Gasteiger partial charge in [0.25, 0.3) is 5.91 Å².